The van der Waals surface area contributed by atoms with Gasteiger partial charge in [0.2, 0.25) is 0 Å². The molecule has 24 heavy (non-hydrogen) atoms. The van der Waals surface area contributed by atoms with Crippen molar-refractivity contribution in [3.05, 3.63) is 90.0 Å². The molecule has 0 bridgehead atoms. The molecule has 0 amide bonds. The predicted octanol–water partition coefficient (Wildman–Crippen LogP) is 4.27. The van der Waals surface area contributed by atoms with Crippen molar-refractivity contribution < 1.29 is 19.4 Å². The van der Waals surface area contributed by atoms with Gasteiger partial charge >= 0.3 is 11.9 Å². The van der Waals surface area contributed by atoms with E-state index in [4.69, 9.17) is 9.84 Å². The molecule has 0 aliphatic heterocycles. The SMILES string of the molecule is O=C(O)c1ccccc1C(=O)Oc1ccc(-c2ccccc2)cc1. The maximum Gasteiger partial charge on any atom is 0.344 e. The number of hydrogen-bond donors (Lipinski definition) is 1. The van der Waals surface area contributed by atoms with E-state index in [1.807, 2.05) is 42.5 Å². The van der Waals surface area contributed by atoms with E-state index in [9.17, 15) is 9.59 Å². The fourth-order valence-electron chi connectivity index (χ4n) is 2.36. The topological polar surface area (TPSA) is 63.6 Å². The number of carbonyl (C=O) groups is 2. The first kappa shape index (κ1) is 15.5. The number of carbonyl (C=O) groups excluding carboxylic acids is 1. The quantitative estimate of drug-likeness (QED) is 0.576. The predicted molar refractivity (Wildman–Crippen MR) is 90.2 cm³/mol. The summed E-state index contributed by atoms with van der Waals surface area (Å²) in [5, 5.41) is 9.14. The van der Waals surface area contributed by atoms with E-state index in [1.54, 1.807) is 24.3 Å². The monoisotopic (exact) mass is 318 g/mol. The van der Waals surface area contributed by atoms with Crippen LogP contribution in [0.4, 0.5) is 0 Å². The Hall–Kier alpha value is -3.40. The molecule has 3 aromatic rings. The Morgan fingerprint density at radius 2 is 1.21 bits per heavy atom. The third kappa shape index (κ3) is 3.33. The Kier molecular flexibility index (Phi) is 4.38. The molecule has 0 atom stereocenters. The molecule has 0 aliphatic carbocycles. The van der Waals surface area contributed by atoms with Gasteiger partial charge in [-0.05, 0) is 35.4 Å². The van der Waals surface area contributed by atoms with Crippen LogP contribution >= 0.6 is 0 Å². The van der Waals surface area contributed by atoms with Gasteiger partial charge in [0.1, 0.15) is 5.75 Å². The van der Waals surface area contributed by atoms with Crippen molar-refractivity contribution in [1.29, 1.82) is 0 Å². The average molecular weight is 318 g/mol. The summed E-state index contributed by atoms with van der Waals surface area (Å²) >= 11 is 0. The van der Waals surface area contributed by atoms with Crippen LogP contribution in [0.1, 0.15) is 20.7 Å². The van der Waals surface area contributed by atoms with Gasteiger partial charge < -0.3 is 9.84 Å². The van der Waals surface area contributed by atoms with Crippen LogP contribution < -0.4 is 4.74 Å². The summed E-state index contributed by atoms with van der Waals surface area (Å²) < 4.78 is 5.28. The molecule has 0 aromatic heterocycles. The highest BCUT2D eigenvalue weighted by molar-refractivity contribution is 6.03. The number of carboxylic acids is 1. The van der Waals surface area contributed by atoms with Crippen LogP contribution in [0, 0.1) is 0 Å². The molecule has 0 spiro atoms. The molecule has 1 N–H and O–H groups in total. The Morgan fingerprint density at radius 1 is 0.667 bits per heavy atom. The number of carboxylic acid groups (broad SMARTS) is 1. The summed E-state index contributed by atoms with van der Waals surface area (Å²) in [7, 11) is 0. The molecule has 4 nitrogen and oxygen atoms in total. The summed E-state index contributed by atoms with van der Waals surface area (Å²) in [6, 6.07) is 22.9. The van der Waals surface area contributed by atoms with Crippen LogP contribution in [0.15, 0.2) is 78.9 Å². The van der Waals surface area contributed by atoms with Crippen LogP contribution in [0.25, 0.3) is 11.1 Å². The van der Waals surface area contributed by atoms with E-state index in [-0.39, 0.29) is 11.1 Å². The number of ether oxygens (including phenoxy) is 1. The Balaban J connectivity index is 1.80. The Morgan fingerprint density at radius 3 is 1.83 bits per heavy atom. The zero-order chi connectivity index (χ0) is 16.9. The van der Waals surface area contributed by atoms with Gasteiger partial charge in [0.25, 0.3) is 0 Å². The lowest BCUT2D eigenvalue weighted by molar-refractivity contribution is 0.0668. The molecule has 0 fully saturated rings. The lowest BCUT2D eigenvalue weighted by Crippen LogP contribution is -2.13. The molecule has 118 valence electrons. The minimum absolute atomic E-state index is 0.0251. The molecule has 0 unspecified atom stereocenters. The normalized spacial score (nSPS) is 10.2. The Bertz CT molecular complexity index is 868. The van der Waals surface area contributed by atoms with Crippen LogP contribution in [-0.2, 0) is 0 Å². The summed E-state index contributed by atoms with van der Waals surface area (Å²) in [4.78, 5) is 23.4. The zero-order valence-corrected chi connectivity index (χ0v) is 12.7. The van der Waals surface area contributed by atoms with Crippen molar-refractivity contribution in [1.82, 2.24) is 0 Å². The van der Waals surface area contributed by atoms with E-state index < -0.39 is 11.9 Å². The highest BCUT2D eigenvalue weighted by Gasteiger charge is 2.17. The third-order valence-electron chi connectivity index (χ3n) is 3.55. The molecule has 3 aromatic carbocycles. The van der Waals surface area contributed by atoms with Crippen molar-refractivity contribution in [2.75, 3.05) is 0 Å². The summed E-state index contributed by atoms with van der Waals surface area (Å²) in [6.07, 6.45) is 0. The van der Waals surface area contributed by atoms with Crippen LogP contribution in [-0.4, -0.2) is 17.0 Å². The highest BCUT2D eigenvalue weighted by Crippen LogP contribution is 2.23. The third-order valence-corrected chi connectivity index (χ3v) is 3.55. The van der Waals surface area contributed by atoms with Crippen molar-refractivity contribution in [3.63, 3.8) is 0 Å². The van der Waals surface area contributed by atoms with E-state index in [1.165, 1.54) is 12.1 Å². The number of rotatable bonds is 4. The van der Waals surface area contributed by atoms with Gasteiger partial charge in [-0.25, -0.2) is 9.59 Å². The molecule has 3 rings (SSSR count). The Labute approximate surface area is 139 Å². The molecule has 0 aliphatic rings. The molecule has 0 saturated carbocycles. The molecule has 4 heteroatoms. The zero-order valence-electron chi connectivity index (χ0n) is 12.7. The number of hydrogen-bond acceptors (Lipinski definition) is 3. The first-order valence-electron chi connectivity index (χ1n) is 7.35. The van der Waals surface area contributed by atoms with Gasteiger partial charge in [-0.2, -0.15) is 0 Å². The largest absolute Gasteiger partial charge is 0.478 e. The average Bonchev–Trinajstić information content (AvgIpc) is 2.63. The molecule has 0 heterocycles. The first-order valence-corrected chi connectivity index (χ1v) is 7.35. The second kappa shape index (κ2) is 6.79. The maximum atomic E-state index is 12.2. The van der Waals surface area contributed by atoms with E-state index >= 15 is 0 Å². The van der Waals surface area contributed by atoms with E-state index in [2.05, 4.69) is 0 Å². The second-order valence-corrected chi connectivity index (χ2v) is 5.13. The number of benzene rings is 3. The molecular formula is C20H14O4. The van der Waals surface area contributed by atoms with Crippen molar-refractivity contribution in [3.8, 4) is 16.9 Å². The first-order chi connectivity index (χ1) is 11.6. The fraction of sp³-hybridized carbons (Fsp3) is 0. The fourth-order valence-corrected chi connectivity index (χ4v) is 2.36. The number of aromatic carboxylic acids is 1. The van der Waals surface area contributed by atoms with Crippen LogP contribution in [0.2, 0.25) is 0 Å². The number of esters is 1. The van der Waals surface area contributed by atoms with Gasteiger partial charge in [-0.15, -0.1) is 0 Å². The summed E-state index contributed by atoms with van der Waals surface area (Å²) in [6.45, 7) is 0. The maximum absolute atomic E-state index is 12.2. The molecule has 0 saturated heterocycles. The second-order valence-electron chi connectivity index (χ2n) is 5.13. The van der Waals surface area contributed by atoms with E-state index in [0.29, 0.717) is 5.75 Å². The summed E-state index contributed by atoms with van der Waals surface area (Å²) in [5.74, 6) is -1.50. The van der Waals surface area contributed by atoms with Gasteiger partial charge in [-0.1, -0.05) is 54.6 Å². The van der Waals surface area contributed by atoms with Gasteiger partial charge in [0, 0.05) is 0 Å². The van der Waals surface area contributed by atoms with Crippen LogP contribution in [0.5, 0.6) is 5.75 Å². The lowest BCUT2D eigenvalue weighted by Gasteiger charge is -2.08. The van der Waals surface area contributed by atoms with Gasteiger partial charge in [-0.3, -0.25) is 0 Å². The molecular weight excluding hydrogens is 304 g/mol. The standard InChI is InChI=1S/C20H14O4/c21-19(22)17-8-4-5-9-18(17)20(23)24-16-12-10-15(11-13-16)14-6-2-1-3-7-14/h1-13H,(H,21,22). The van der Waals surface area contributed by atoms with Gasteiger partial charge in [0.05, 0.1) is 11.1 Å². The van der Waals surface area contributed by atoms with Crippen molar-refractivity contribution in [2.45, 2.75) is 0 Å². The minimum atomic E-state index is -1.16. The van der Waals surface area contributed by atoms with E-state index in [0.717, 1.165) is 11.1 Å². The minimum Gasteiger partial charge on any atom is -0.478 e. The molecule has 0 radical (unpaired) electrons. The summed E-state index contributed by atoms with van der Waals surface area (Å²) in [5.41, 5.74) is 2.01. The van der Waals surface area contributed by atoms with Crippen LogP contribution in [0.3, 0.4) is 0 Å². The van der Waals surface area contributed by atoms with Crippen molar-refractivity contribution in [2.24, 2.45) is 0 Å². The highest BCUT2D eigenvalue weighted by atomic mass is 16.5. The van der Waals surface area contributed by atoms with Crippen molar-refractivity contribution >= 4 is 11.9 Å². The lowest BCUT2D eigenvalue weighted by atomic mass is 10.1. The van der Waals surface area contributed by atoms with Gasteiger partial charge in [0.15, 0.2) is 0 Å². The smallest absolute Gasteiger partial charge is 0.344 e.